The molecule has 0 aliphatic carbocycles. The van der Waals surface area contributed by atoms with E-state index in [9.17, 15) is 19.4 Å². The van der Waals surface area contributed by atoms with Crippen LogP contribution in [0.1, 0.15) is 38.8 Å². The SMILES string of the molecule is COc1cc(C2c3c(-c4cc(Cl)c(C)cc4O)n[nH]c3C(=O)N2Cc2ccc(F)cc2)cc(Br)c1O. The van der Waals surface area contributed by atoms with Crippen LogP contribution in [0.15, 0.2) is 53.0 Å². The first-order chi connectivity index (χ1) is 17.2. The molecule has 0 radical (unpaired) electrons. The van der Waals surface area contributed by atoms with Crippen molar-refractivity contribution < 1.29 is 24.1 Å². The first-order valence-electron chi connectivity index (χ1n) is 10.9. The summed E-state index contributed by atoms with van der Waals surface area (Å²) in [4.78, 5) is 15.2. The Morgan fingerprint density at radius 3 is 2.61 bits per heavy atom. The summed E-state index contributed by atoms with van der Waals surface area (Å²) in [6.07, 6.45) is 0. The van der Waals surface area contributed by atoms with Crippen LogP contribution >= 0.6 is 27.5 Å². The molecule has 3 aromatic carbocycles. The van der Waals surface area contributed by atoms with Gasteiger partial charge in [-0.2, -0.15) is 5.10 Å². The smallest absolute Gasteiger partial charge is 0.273 e. The number of nitrogens with zero attached hydrogens (tertiary/aromatic N) is 2. The number of phenolic OH excluding ortho intramolecular Hbond substituents is 2. The lowest BCUT2D eigenvalue weighted by molar-refractivity contribution is 0.0730. The van der Waals surface area contributed by atoms with E-state index in [4.69, 9.17) is 16.3 Å². The summed E-state index contributed by atoms with van der Waals surface area (Å²) >= 11 is 9.72. The molecule has 3 N–H and O–H groups in total. The summed E-state index contributed by atoms with van der Waals surface area (Å²) in [5, 5.41) is 28.7. The number of benzene rings is 3. The Bertz CT molecular complexity index is 1510. The van der Waals surface area contributed by atoms with Crippen LogP contribution < -0.4 is 4.74 Å². The molecule has 7 nitrogen and oxygen atoms in total. The quantitative estimate of drug-likeness (QED) is 0.268. The maximum absolute atomic E-state index is 13.6. The van der Waals surface area contributed by atoms with Crippen LogP contribution in [0.3, 0.4) is 0 Å². The number of nitrogens with one attached hydrogen (secondary N) is 1. The summed E-state index contributed by atoms with van der Waals surface area (Å²) in [5.74, 6) is -0.587. The molecule has 1 aromatic heterocycles. The number of rotatable bonds is 5. The van der Waals surface area contributed by atoms with Crippen LogP contribution in [0.5, 0.6) is 17.2 Å². The third-order valence-electron chi connectivity index (χ3n) is 6.25. The number of halogens is 3. The molecule has 0 fully saturated rings. The van der Waals surface area contributed by atoms with Gasteiger partial charge in [0.05, 0.1) is 17.6 Å². The predicted octanol–water partition coefficient (Wildman–Crippen LogP) is 6.11. The normalized spacial score (nSPS) is 14.9. The van der Waals surface area contributed by atoms with Crippen molar-refractivity contribution >= 4 is 33.4 Å². The minimum atomic E-state index is -0.670. The van der Waals surface area contributed by atoms with Crippen molar-refractivity contribution in [2.75, 3.05) is 7.11 Å². The number of aromatic nitrogens is 2. The minimum Gasteiger partial charge on any atom is -0.507 e. The molecule has 1 aliphatic rings. The second kappa shape index (κ2) is 9.15. The van der Waals surface area contributed by atoms with Crippen LogP contribution in [0.4, 0.5) is 4.39 Å². The molecule has 36 heavy (non-hydrogen) atoms. The zero-order valence-corrected chi connectivity index (χ0v) is 21.5. The first kappa shape index (κ1) is 24.1. The van der Waals surface area contributed by atoms with Crippen molar-refractivity contribution in [1.29, 1.82) is 0 Å². The summed E-state index contributed by atoms with van der Waals surface area (Å²) in [6.45, 7) is 1.95. The molecule has 2 heterocycles. The highest BCUT2D eigenvalue weighted by atomic mass is 79.9. The van der Waals surface area contributed by atoms with E-state index in [1.54, 1.807) is 48.2 Å². The Morgan fingerprint density at radius 1 is 1.19 bits per heavy atom. The first-order valence-corrected chi connectivity index (χ1v) is 12.1. The minimum absolute atomic E-state index is 0.0288. The average Bonchev–Trinajstić information content (AvgIpc) is 3.38. The van der Waals surface area contributed by atoms with Crippen molar-refractivity contribution in [3.8, 4) is 28.5 Å². The number of amides is 1. The topological polar surface area (TPSA) is 98.7 Å². The molecule has 10 heteroatoms. The van der Waals surface area contributed by atoms with Gasteiger partial charge >= 0.3 is 0 Å². The Hall–Kier alpha value is -3.56. The number of carbonyl (C=O) groups is 1. The van der Waals surface area contributed by atoms with Crippen molar-refractivity contribution in [3.05, 3.63) is 91.8 Å². The van der Waals surface area contributed by atoms with E-state index in [1.807, 2.05) is 0 Å². The molecule has 0 bridgehead atoms. The van der Waals surface area contributed by atoms with Gasteiger partial charge in [-0.25, -0.2) is 4.39 Å². The van der Waals surface area contributed by atoms with E-state index >= 15 is 0 Å². The highest BCUT2D eigenvalue weighted by molar-refractivity contribution is 9.10. The Balaban J connectivity index is 1.71. The number of carbonyl (C=O) groups excluding carboxylic acids is 1. The zero-order chi connectivity index (χ0) is 25.7. The summed E-state index contributed by atoms with van der Waals surface area (Å²) in [7, 11) is 1.43. The van der Waals surface area contributed by atoms with E-state index in [2.05, 4.69) is 26.1 Å². The Kier molecular flexibility index (Phi) is 6.13. The molecule has 1 aliphatic heterocycles. The third kappa shape index (κ3) is 3.98. The van der Waals surface area contributed by atoms with Gasteiger partial charge in [-0.3, -0.25) is 9.89 Å². The van der Waals surface area contributed by atoms with Crippen molar-refractivity contribution in [2.24, 2.45) is 0 Å². The summed E-state index contributed by atoms with van der Waals surface area (Å²) in [6, 6.07) is 11.7. The molecule has 0 saturated carbocycles. The number of ether oxygens (including phenoxy) is 1. The zero-order valence-electron chi connectivity index (χ0n) is 19.1. The average molecular weight is 573 g/mol. The molecule has 1 atom stereocenters. The number of aromatic hydroxyl groups is 2. The largest absolute Gasteiger partial charge is 0.507 e. The second-order valence-corrected chi connectivity index (χ2v) is 9.76. The van der Waals surface area contributed by atoms with Gasteiger partial charge in [-0.15, -0.1) is 0 Å². The number of aryl methyl sites for hydroxylation is 1. The number of fused-ring (bicyclic) bond motifs is 1. The van der Waals surface area contributed by atoms with Gasteiger partial charge in [0, 0.05) is 22.7 Å². The van der Waals surface area contributed by atoms with Gasteiger partial charge in [-0.1, -0.05) is 23.7 Å². The van der Waals surface area contributed by atoms with Gasteiger partial charge in [0.15, 0.2) is 11.5 Å². The molecule has 4 aromatic rings. The molecular formula is C26H20BrClFN3O4. The fraction of sp³-hybridized carbons (Fsp3) is 0.154. The molecule has 184 valence electrons. The number of methoxy groups -OCH3 is 1. The van der Waals surface area contributed by atoms with E-state index in [0.29, 0.717) is 37.4 Å². The van der Waals surface area contributed by atoms with Crippen LogP contribution in [-0.4, -0.2) is 38.3 Å². The third-order valence-corrected chi connectivity index (χ3v) is 7.26. The maximum atomic E-state index is 13.6. The fourth-order valence-corrected chi connectivity index (χ4v) is 5.08. The van der Waals surface area contributed by atoms with Gasteiger partial charge in [0.25, 0.3) is 5.91 Å². The highest BCUT2D eigenvalue weighted by Gasteiger charge is 2.43. The second-order valence-electron chi connectivity index (χ2n) is 8.50. The predicted molar refractivity (Wildman–Crippen MR) is 136 cm³/mol. The standard InChI is InChI=1S/C26H20BrClFN3O4/c1-12-7-19(33)16(10-18(12)28)22-21-23(31-30-22)26(35)32(11-13-3-5-15(29)6-4-13)24(21)14-8-17(27)25(34)20(9-14)36-2/h3-10,24,33-34H,11H2,1-2H3,(H,30,31). The van der Waals surface area contributed by atoms with Gasteiger partial charge in [0.2, 0.25) is 0 Å². The Labute approximate surface area is 219 Å². The molecule has 0 saturated heterocycles. The van der Waals surface area contributed by atoms with Crippen LogP contribution in [0.2, 0.25) is 5.02 Å². The fourth-order valence-electron chi connectivity index (χ4n) is 4.46. The molecule has 5 rings (SSSR count). The van der Waals surface area contributed by atoms with E-state index in [1.165, 1.54) is 19.2 Å². The van der Waals surface area contributed by atoms with Crippen LogP contribution in [-0.2, 0) is 6.54 Å². The van der Waals surface area contributed by atoms with E-state index < -0.39 is 6.04 Å². The molecular weight excluding hydrogens is 553 g/mol. The molecule has 1 amide bonds. The highest BCUT2D eigenvalue weighted by Crippen LogP contribution is 2.48. The lowest BCUT2D eigenvalue weighted by Gasteiger charge is -2.27. The van der Waals surface area contributed by atoms with Crippen molar-refractivity contribution in [3.63, 3.8) is 0 Å². The summed E-state index contributed by atoms with van der Waals surface area (Å²) < 4.78 is 19.2. The summed E-state index contributed by atoms with van der Waals surface area (Å²) in [5.41, 5.74) is 3.59. The van der Waals surface area contributed by atoms with Gasteiger partial charge < -0.3 is 19.8 Å². The van der Waals surface area contributed by atoms with Gasteiger partial charge in [0.1, 0.15) is 23.0 Å². The number of hydrogen-bond donors (Lipinski definition) is 3. The number of hydrogen-bond acceptors (Lipinski definition) is 5. The lowest BCUT2D eigenvalue weighted by Crippen LogP contribution is -2.29. The maximum Gasteiger partial charge on any atom is 0.273 e. The van der Waals surface area contributed by atoms with Crippen molar-refractivity contribution in [2.45, 2.75) is 19.5 Å². The molecule has 0 spiro atoms. The lowest BCUT2D eigenvalue weighted by atomic mass is 9.94. The van der Waals surface area contributed by atoms with Crippen molar-refractivity contribution in [1.82, 2.24) is 15.1 Å². The monoisotopic (exact) mass is 571 g/mol. The number of phenols is 2. The van der Waals surface area contributed by atoms with E-state index in [0.717, 1.165) is 5.56 Å². The van der Waals surface area contributed by atoms with Gasteiger partial charge in [-0.05, 0) is 75.9 Å². The molecule has 1 unspecified atom stereocenters. The van der Waals surface area contributed by atoms with Crippen LogP contribution in [0.25, 0.3) is 11.3 Å². The van der Waals surface area contributed by atoms with E-state index in [-0.39, 0.29) is 41.2 Å². The number of H-pyrrole nitrogens is 1. The van der Waals surface area contributed by atoms with Crippen LogP contribution in [0, 0.1) is 12.7 Å². The number of aromatic amines is 1. The Morgan fingerprint density at radius 2 is 1.92 bits per heavy atom.